The van der Waals surface area contributed by atoms with Gasteiger partial charge in [-0.1, -0.05) is 20.8 Å². The molecule has 1 aromatic rings. The minimum absolute atomic E-state index is 0.0738. The van der Waals surface area contributed by atoms with Gasteiger partial charge in [0.1, 0.15) is 0 Å². The van der Waals surface area contributed by atoms with Crippen molar-refractivity contribution in [1.82, 2.24) is 15.1 Å². The van der Waals surface area contributed by atoms with E-state index < -0.39 is 0 Å². The fourth-order valence-corrected chi connectivity index (χ4v) is 2.54. The molecule has 3 nitrogen and oxygen atoms in total. The van der Waals surface area contributed by atoms with Gasteiger partial charge >= 0.3 is 0 Å². The van der Waals surface area contributed by atoms with Crippen molar-refractivity contribution in [2.45, 2.75) is 72.8 Å². The molecular weight excluding hydrogens is 234 g/mol. The average Bonchev–Trinajstić information content (AvgIpc) is 2.72. The maximum absolute atomic E-state index is 4.86. The van der Waals surface area contributed by atoms with Crippen LogP contribution in [0.3, 0.4) is 0 Å². The topological polar surface area (TPSA) is 29.9 Å². The third-order valence-electron chi connectivity index (χ3n) is 3.46. The second kappa shape index (κ2) is 7.09. The average molecular weight is 265 g/mol. The van der Waals surface area contributed by atoms with E-state index in [2.05, 4.69) is 51.5 Å². The molecule has 1 rings (SSSR count). The lowest BCUT2D eigenvalue weighted by Crippen LogP contribution is -2.25. The first-order valence-electron chi connectivity index (χ1n) is 7.76. The molecule has 0 amide bonds. The number of rotatable bonds is 7. The smallest absolute Gasteiger partial charge is 0.0657 e. The monoisotopic (exact) mass is 265 g/mol. The van der Waals surface area contributed by atoms with E-state index in [4.69, 9.17) is 5.10 Å². The minimum atomic E-state index is 0.0738. The summed E-state index contributed by atoms with van der Waals surface area (Å²) in [7, 11) is 0. The van der Waals surface area contributed by atoms with Crippen molar-refractivity contribution in [1.29, 1.82) is 0 Å². The fraction of sp³-hybridized carbons (Fsp3) is 0.812. The number of nitrogens with one attached hydrogen (secondary N) is 1. The van der Waals surface area contributed by atoms with E-state index in [1.807, 2.05) is 0 Å². The van der Waals surface area contributed by atoms with Gasteiger partial charge in [-0.2, -0.15) is 5.10 Å². The Bertz CT molecular complexity index is 385. The van der Waals surface area contributed by atoms with Crippen LogP contribution in [0, 0.1) is 0 Å². The first-order chi connectivity index (χ1) is 8.95. The summed E-state index contributed by atoms with van der Waals surface area (Å²) in [4.78, 5) is 0. The summed E-state index contributed by atoms with van der Waals surface area (Å²) in [6.07, 6.45) is 4.39. The summed E-state index contributed by atoms with van der Waals surface area (Å²) in [5.41, 5.74) is 4.25. The Morgan fingerprint density at radius 1 is 1.05 bits per heavy atom. The molecule has 0 aliphatic heterocycles. The van der Waals surface area contributed by atoms with Crippen LogP contribution in [0.4, 0.5) is 0 Å². The van der Waals surface area contributed by atoms with E-state index in [0.717, 1.165) is 32.4 Å². The molecule has 0 spiro atoms. The van der Waals surface area contributed by atoms with Crippen molar-refractivity contribution in [2.24, 2.45) is 0 Å². The molecule has 1 N–H and O–H groups in total. The van der Waals surface area contributed by atoms with E-state index in [9.17, 15) is 0 Å². The molecule has 3 heteroatoms. The van der Waals surface area contributed by atoms with Gasteiger partial charge < -0.3 is 5.32 Å². The van der Waals surface area contributed by atoms with Crippen LogP contribution < -0.4 is 5.32 Å². The largest absolute Gasteiger partial charge is 0.316 e. The lowest BCUT2D eigenvalue weighted by molar-refractivity contribution is 0.342. The van der Waals surface area contributed by atoms with Crippen molar-refractivity contribution in [2.75, 3.05) is 13.1 Å². The fourth-order valence-electron chi connectivity index (χ4n) is 2.54. The third-order valence-corrected chi connectivity index (χ3v) is 3.46. The number of aromatic nitrogens is 2. The Balaban J connectivity index is 2.97. The number of hydrogen-bond donors (Lipinski definition) is 1. The molecule has 0 aliphatic carbocycles. The Kier molecular flexibility index (Phi) is 6.05. The highest BCUT2D eigenvalue weighted by Gasteiger charge is 2.22. The van der Waals surface area contributed by atoms with E-state index in [1.54, 1.807) is 0 Å². The quantitative estimate of drug-likeness (QED) is 0.767. The molecule has 0 radical (unpaired) electrons. The van der Waals surface area contributed by atoms with Crippen molar-refractivity contribution in [3.05, 3.63) is 17.0 Å². The van der Waals surface area contributed by atoms with Crippen molar-refractivity contribution in [3.63, 3.8) is 0 Å². The maximum Gasteiger partial charge on any atom is 0.0657 e. The first-order valence-corrected chi connectivity index (χ1v) is 7.76. The molecule has 0 unspecified atom stereocenters. The molecule has 110 valence electrons. The molecule has 1 heterocycles. The molecule has 0 bridgehead atoms. The van der Waals surface area contributed by atoms with Gasteiger partial charge in [0.05, 0.1) is 11.2 Å². The van der Waals surface area contributed by atoms with Crippen molar-refractivity contribution in [3.8, 4) is 0 Å². The van der Waals surface area contributed by atoms with Gasteiger partial charge in [0.15, 0.2) is 0 Å². The Morgan fingerprint density at radius 3 is 2.21 bits per heavy atom. The molecule has 0 atom stereocenters. The third kappa shape index (κ3) is 4.07. The highest BCUT2D eigenvalue weighted by molar-refractivity contribution is 5.28. The van der Waals surface area contributed by atoms with Crippen molar-refractivity contribution < 1.29 is 0 Å². The maximum atomic E-state index is 4.86. The lowest BCUT2D eigenvalue weighted by atomic mass is 10.0. The Labute approximate surface area is 118 Å². The van der Waals surface area contributed by atoms with Crippen LogP contribution in [0.1, 0.15) is 64.9 Å². The van der Waals surface area contributed by atoms with Crippen LogP contribution in [0.2, 0.25) is 0 Å². The van der Waals surface area contributed by atoms with E-state index in [1.165, 1.54) is 23.4 Å². The van der Waals surface area contributed by atoms with Crippen LogP contribution >= 0.6 is 0 Å². The summed E-state index contributed by atoms with van der Waals surface area (Å²) in [5, 5.41) is 8.36. The Hall–Kier alpha value is -0.830. The number of hydrogen-bond acceptors (Lipinski definition) is 2. The van der Waals surface area contributed by atoms with Gasteiger partial charge in [0.2, 0.25) is 0 Å². The van der Waals surface area contributed by atoms with Gasteiger partial charge in [0, 0.05) is 5.69 Å². The SMILES string of the molecule is CCCNCCc1c(CC)nn(C(C)(C)C)c1CC. The molecule has 0 fully saturated rings. The van der Waals surface area contributed by atoms with Gasteiger partial charge in [0.25, 0.3) is 0 Å². The number of nitrogens with zero attached hydrogens (tertiary/aromatic N) is 2. The molecule has 19 heavy (non-hydrogen) atoms. The Morgan fingerprint density at radius 2 is 1.74 bits per heavy atom. The summed E-state index contributed by atoms with van der Waals surface area (Å²) in [6, 6.07) is 0. The van der Waals surface area contributed by atoms with Crippen LogP contribution in [0.15, 0.2) is 0 Å². The highest BCUT2D eigenvalue weighted by Crippen LogP contribution is 2.23. The molecular formula is C16H31N3. The summed E-state index contributed by atoms with van der Waals surface area (Å²) in [5.74, 6) is 0. The van der Waals surface area contributed by atoms with Crippen molar-refractivity contribution >= 4 is 0 Å². The molecule has 0 saturated heterocycles. The van der Waals surface area contributed by atoms with Crippen LogP contribution in [0.25, 0.3) is 0 Å². The van der Waals surface area contributed by atoms with Gasteiger partial charge in [-0.3, -0.25) is 4.68 Å². The van der Waals surface area contributed by atoms with Crippen LogP contribution in [-0.2, 0) is 24.8 Å². The normalized spacial score (nSPS) is 12.1. The summed E-state index contributed by atoms with van der Waals surface area (Å²) >= 11 is 0. The molecule has 0 aromatic carbocycles. The van der Waals surface area contributed by atoms with Gasteiger partial charge in [-0.05, 0) is 65.1 Å². The lowest BCUT2D eigenvalue weighted by Gasteiger charge is -2.22. The van der Waals surface area contributed by atoms with E-state index in [-0.39, 0.29) is 5.54 Å². The van der Waals surface area contributed by atoms with Gasteiger partial charge in [-0.25, -0.2) is 0 Å². The zero-order valence-electron chi connectivity index (χ0n) is 13.6. The zero-order chi connectivity index (χ0) is 14.5. The zero-order valence-corrected chi connectivity index (χ0v) is 13.6. The summed E-state index contributed by atoms with van der Waals surface area (Å²) < 4.78 is 2.24. The molecule has 1 aromatic heterocycles. The second-order valence-electron chi connectivity index (χ2n) is 6.16. The van der Waals surface area contributed by atoms with Gasteiger partial charge in [-0.15, -0.1) is 0 Å². The highest BCUT2D eigenvalue weighted by atomic mass is 15.3. The van der Waals surface area contributed by atoms with Crippen LogP contribution in [-0.4, -0.2) is 22.9 Å². The number of aryl methyl sites for hydroxylation is 1. The van der Waals surface area contributed by atoms with Crippen LogP contribution in [0.5, 0.6) is 0 Å². The predicted octanol–water partition coefficient (Wildman–Crippen LogP) is 3.31. The molecule has 0 aliphatic rings. The first kappa shape index (κ1) is 16.2. The predicted molar refractivity (Wildman–Crippen MR) is 82.8 cm³/mol. The summed E-state index contributed by atoms with van der Waals surface area (Å²) in [6.45, 7) is 15.5. The van der Waals surface area contributed by atoms with E-state index >= 15 is 0 Å². The second-order valence-corrected chi connectivity index (χ2v) is 6.16. The minimum Gasteiger partial charge on any atom is -0.316 e. The molecule has 0 saturated carbocycles. The standard InChI is InChI=1S/C16H31N3/c1-7-11-17-12-10-13-14(8-2)18-19(15(13)9-3)16(4,5)6/h17H,7-12H2,1-6H3. The van der Waals surface area contributed by atoms with E-state index in [0.29, 0.717) is 0 Å².